The van der Waals surface area contributed by atoms with Crippen LogP contribution in [0.25, 0.3) is 0 Å². The zero-order valence-electron chi connectivity index (χ0n) is 12.7. The van der Waals surface area contributed by atoms with E-state index in [0.717, 1.165) is 24.9 Å². The van der Waals surface area contributed by atoms with Crippen LogP contribution in [-0.4, -0.2) is 30.4 Å². The van der Waals surface area contributed by atoms with Crippen molar-refractivity contribution in [1.29, 1.82) is 0 Å². The standard InChI is InChI=1S/C16H24ClN3O/c1-11(2)12-5-7-20(8-6-12)10-16(21)19-15-4-3-13(17)9-14(15)18/h3-4,9,11-12H,5-8,10,18H2,1-2H3,(H,19,21). The van der Waals surface area contributed by atoms with Crippen LogP contribution in [0, 0.1) is 11.8 Å². The maximum atomic E-state index is 12.1. The Bertz CT molecular complexity index is 496. The van der Waals surface area contributed by atoms with Gasteiger partial charge in [0, 0.05) is 5.02 Å². The number of carbonyl (C=O) groups is 1. The third kappa shape index (κ3) is 4.61. The molecule has 3 N–H and O–H groups in total. The first-order valence-corrected chi connectivity index (χ1v) is 7.90. The van der Waals surface area contributed by atoms with Gasteiger partial charge in [0.25, 0.3) is 0 Å². The van der Waals surface area contributed by atoms with E-state index in [0.29, 0.717) is 22.9 Å². The number of hydrogen-bond donors (Lipinski definition) is 2. The van der Waals surface area contributed by atoms with E-state index in [1.165, 1.54) is 12.8 Å². The highest BCUT2D eigenvalue weighted by molar-refractivity contribution is 6.31. The molecule has 0 bridgehead atoms. The number of nitrogens with one attached hydrogen (secondary N) is 1. The number of carbonyl (C=O) groups excluding carboxylic acids is 1. The van der Waals surface area contributed by atoms with Gasteiger partial charge in [0.1, 0.15) is 0 Å². The summed E-state index contributed by atoms with van der Waals surface area (Å²) in [7, 11) is 0. The third-order valence-corrected chi connectivity index (χ3v) is 4.47. The lowest BCUT2D eigenvalue weighted by Gasteiger charge is -2.33. The van der Waals surface area contributed by atoms with Gasteiger partial charge < -0.3 is 11.1 Å². The quantitative estimate of drug-likeness (QED) is 0.840. The normalized spacial score (nSPS) is 17.1. The van der Waals surface area contributed by atoms with Crippen LogP contribution in [0.5, 0.6) is 0 Å². The first kappa shape index (κ1) is 16.1. The maximum absolute atomic E-state index is 12.1. The maximum Gasteiger partial charge on any atom is 0.238 e. The van der Waals surface area contributed by atoms with E-state index < -0.39 is 0 Å². The van der Waals surface area contributed by atoms with Crippen LogP contribution in [-0.2, 0) is 4.79 Å². The van der Waals surface area contributed by atoms with E-state index in [-0.39, 0.29) is 5.91 Å². The summed E-state index contributed by atoms with van der Waals surface area (Å²) in [5.41, 5.74) is 6.96. The minimum atomic E-state index is -0.0213. The van der Waals surface area contributed by atoms with Crippen molar-refractivity contribution in [3.63, 3.8) is 0 Å². The summed E-state index contributed by atoms with van der Waals surface area (Å²) in [5.74, 6) is 1.50. The Balaban J connectivity index is 1.83. The Morgan fingerprint density at radius 3 is 2.67 bits per heavy atom. The number of amides is 1. The summed E-state index contributed by atoms with van der Waals surface area (Å²) < 4.78 is 0. The van der Waals surface area contributed by atoms with E-state index in [1.807, 2.05) is 0 Å². The van der Waals surface area contributed by atoms with Crippen molar-refractivity contribution >= 4 is 28.9 Å². The van der Waals surface area contributed by atoms with Crippen molar-refractivity contribution in [1.82, 2.24) is 4.90 Å². The summed E-state index contributed by atoms with van der Waals surface area (Å²) in [5, 5.41) is 3.43. The number of nitrogens with zero attached hydrogens (tertiary/aromatic N) is 1. The second-order valence-corrected chi connectivity index (χ2v) is 6.57. The fraction of sp³-hybridized carbons (Fsp3) is 0.562. The van der Waals surface area contributed by atoms with Crippen LogP contribution in [0.3, 0.4) is 0 Å². The molecule has 1 aliphatic rings. The van der Waals surface area contributed by atoms with Gasteiger partial charge >= 0.3 is 0 Å². The number of nitrogen functional groups attached to an aromatic ring is 1. The summed E-state index contributed by atoms with van der Waals surface area (Å²) in [4.78, 5) is 14.3. The highest BCUT2D eigenvalue weighted by Gasteiger charge is 2.22. The molecule has 0 aliphatic carbocycles. The van der Waals surface area contributed by atoms with E-state index in [4.69, 9.17) is 17.3 Å². The fourth-order valence-electron chi connectivity index (χ4n) is 2.82. The van der Waals surface area contributed by atoms with Crippen molar-refractivity contribution in [3.05, 3.63) is 23.2 Å². The molecule has 1 amide bonds. The van der Waals surface area contributed by atoms with E-state index in [1.54, 1.807) is 18.2 Å². The van der Waals surface area contributed by atoms with Crippen LogP contribution in [0.2, 0.25) is 5.02 Å². The van der Waals surface area contributed by atoms with Gasteiger partial charge in [0.2, 0.25) is 5.91 Å². The van der Waals surface area contributed by atoms with E-state index in [2.05, 4.69) is 24.1 Å². The fourth-order valence-corrected chi connectivity index (χ4v) is 3.00. The molecule has 0 saturated carbocycles. The summed E-state index contributed by atoms with van der Waals surface area (Å²) in [6.07, 6.45) is 2.35. The molecular formula is C16H24ClN3O. The molecule has 1 fully saturated rings. The van der Waals surface area contributed by atoms with E-state index >= 15 is 0 Å². The van der Waals surface area contributed by atoms with Gasteiger partial charge in [0.15, 0.2) is 0 Å². The molecule has 0 atom stereocenters. The molecule has 4 nitrogen and oxygen atoms in total. The first-order valence-electron chi connectivity index (χ1n) is 7.53. The highest BCUT2D eigenvalue weighted by Crippen LogP contribution is 2.25. The van der Waals surface area contributed by atoms with Crippen LogP contribution in [0.15, 0.2) is 18.2 Å². The molecule has 1 heterocycles. The molecule has 0 spiro atoms. The Labute approximate surface area is 131 Å². The summed E-state index contributed by atoms with van der Waals surface area (Å²) in [6, 6.07) is 5.10. The Morgan fingerprint density at radius 2 is 2.10 bits per heavy atom. The molecule has 1 saturated heterocycles. The predicted molar refractivity (Wildman–Crippen MR) is 88.5 cm³/mol. The zero-order valence-corrected chi connectivity index (χ0v) is 13.5. The molecule has 1 aromatic rings. The Morgan fingerprint density at radius 1 is 1.43 bits per heavy atom. The second kappa shape index (κ2) is 7.14. The minimum Gasteiger partial charge on any atom is -0.397 e. The second-order valence-electron chi connectivity index (χ2n) is 6.14. The van der Waals surface area contributed by atoms with Crippen LogP contribution >= 0.6 is 11.6 Å². The zero-order chi connectivity index (χ0) is 15.4. The predicted octanol–water partition coefficient (Wildman–Crippen LogP) is 3.23. The van der Waals surface area contributed by atoms with Crippen molar-refractivity contribution in [2.45, 2.75) is 26.7 Å². The Kier molecular flexibility index (Phi) is 5.48. The molecule has 0 radical (unpaired) electrons. The molecule has 1 aromatic carbocycles. The molecule has 5 heteroatoms. The van der Waals surface area contributed by atoms with Crippen molar-refractivity contribution in [2.24, 2.45) is 11.8 Å². The number of piperidine rings is 1. The van der Waals surface area contributed by atoms with Gasteiger partial charge in [-0.15, -0.1) is 0 Å². The van der Waals surface area contributed by atoms with Crippen LogP contribution < -0.4 is 11.1 Å². The topological polar surface area (TPSA) is 58.4 Å². The molecule has 21 heavy (non-hydrogen) atoms. The SMILES string of the molecule is CC(C)C1CCN(CC(=O)Nc2ccc(Cl)cc2N)CC1. The van der Waals surface area contributed by atoms with Crippen LogP contribution in [0.4, 0.5) is 11.4 Å². The monoisotopic (exact) mass is 309 g/mol. The average molecular weight is 310 g/mol. The lowest BCUT2D eigenvalue weighted by molar-refractivity contribution is -0.117. The van der Waals surface area contributed by atoms with Gasteiger partial charge in [-0.3, -0.25) is 9.69 Å². The number of hydrogen-bond acceptors (Lipinski definition) is 3. The molecular weight excluding hydrogens is 286 g/mol. The number of likely N-dealkylation sites (tertiary alicyclic amines) is 1. The molecule has 0 aromatic heterocycles. The number of nitrogens with two attached hydrogens (primary N) is 1. The van der Waals surface area contributed by atoms with E-state index in [9.17, 15) is 4.79 Å². The Hall–Kier alpha value is -1.26. The van der Waals surface area contributed by atoms with Gasteiger partial charge in [0.05, 0.1) is 17.9 Å². The summed E-state index contributed by atoms with van der Waals surface area (Å²) in [6.45, 7) is 6.96. The minimum absolute atomic E-state index is 0.0213. The van der Waals surface area contributed by atoms with Crippen LogP contribution in [0.1, 0.15) is 26.7 Å². The smallest absolute Gasteiger partial charge is 0.238 e. The lowest BCUT2D eigenvalue weighted by atomic mass is 9.87. The largest absolute Gasteiger partial charge is 0.397 e. The molecule has 2 rings (SSSR count). The third-order valence-electron chi connectivity index (χ3n) is 4.23. The summed E-state index contributed by atoms with van der Waals surface area (Å²) >= 11 is 5.85. The van der Waals surface area contributed by atoms with Crippen molar-refractivity contribution < 1.29 is 4.79 Å². The van der Waals surface area contributed by atoms with Gasteiger partial charge in [-0.05, 0) is 56.0 Å². The number of rotatable bonds is 4. The molecule has 0 unspecified atom stereocenters. The number of benzene rings is 1. The van der Waals surface area contributed by atoms with Gasteiger partial charge in [-0.25, -0.2) is 0 Å². The number of anilines is 2. The van der Waals surface area contributed by atoms with Gasteiger partial charge in [-0.1, -0.05) is 25.4 Å². The average Bonchev–Trinajstić information content (AvgIpc) is 2.42. The number of halogens is 1. The highest BCUT2D eigenvalue weighted by atomic mass is 35.5. The molecule has 116 valence electrons. The van der Waals surface area contributed by atoms with Gasteiger partial charge in [-0.2, -0.15) is 0 Å². The lowest BCUT2D eigenvalue weighted by Crippen LogP contribution is -2.40. The molecule has 1 aliphatic heterocycles. The first-order chi connectivity index (χ1) is 9.95. The van der Waals surface area contributed by atoms with Crippen molar-refractivity contribution in [3.8, 4) is 0 Å². The van der Waals surface area contributed by atoms with Crippen molar-refractivity contribution in [2.75, 3.05) is 30.7 Å².